The number of allylic oxidation sites excluding steroid dienone is 1. The van der Waals surface area contributed by atoms with Crippen molar-refractivity contribution in [3.8, 4) is 11.8 Å². The Morgan fingerprint density at radius 2 is 1.86 bits per heavy atom. The van der Waals surface area contributed by atoms with Gasteiger partial charge in [0.25, 0.3) is 0 Å². The number of nitriles is 1. The van der Waals surface area contributed by atoms with E-state index in [9.17, 15) is 19.6 Å². The van der Waals surface area contributed by atoms with Crippen LogP contribution in [-0.2, 0) is 25.5 Å². The van der Waals surface area contributed by atoms with E-state index in [4.69, 9.17) is 32.7 Å². The summed E-state index contributed by atoms with van der Waals surface area (Å²) >= 11 is 13.7. The summed E-state index contributed by atoms with van der Waals surface area (Å²) in [6.45, 7) is 4.08. The van der Waals surface area contributed by atoms with E-state index in [2.05, 4.69) is 16.7 Å². The average Bonchev–Trinajstić information content (AvgIpc) is 2.88. The number of halogens is 2. The summed E-state index contributed by atoms with van der Waals surface area (Å²) in [4.78, 5) is 38.4. The van der Waals surface area contributed by atoms with Crippen LogP contribution in [0.1, 0.15) is 30.9 Å². The number of esters is 1. The Labute approximate surface area is 229 Å². The first-order chi connectivity index (χ1) is 17.7. The van der Waals surface area contributed by atoms with Crippen molar-refractivity contribution in [2.24, 2.45) is 5.92 Å². The summed E-state index contributed by atoms with van der Waals surface area (Å²) in [5.41, 5.74) is 2.12. The number of nitrogens with zero attached hydrogens (tertiary/aromatic N) is 1. The van der Waals surface area contributed by atoms with E-state index >= 15 is 0 Å². The molecular formula is C26H25Cl2N3O5S. The van der Waals surface area contributed by atoms with Gasteiger partial charge >= 0.3 is 5.97 Å². The quantitative estimate of drug-likeness (QED) is 0.324. The third-order valence-corrected chi connectivity index (χ3v) is 7.25. The summed E-state index contributed by atoms with van der Waals surface area (Å²) in [5, 5.41) is 16.0. The number of hydrogen-bond donors (Lipinski definition) is 2. The van der Waals surface area contributed by atoms with Gasteiger partial charge in [0.05, 0.1) is 46.2 Å². The fraction of sp³-hybridized carbons (Fsp3) is 0.308. The predicted molar refractivity (Wildman–Crippen MR) is 144 cm³/mol. The van der Waals surface area contributed by atoms with E-state index in [1.807, 2.05) is 25.1 Å². The smallest absolute Gasteiger partial charge is 0.319 e. The van der Waals surface area contributed by atoms with Gasteiger partial charge in [-0.15, -0.1) is 0 Å². The molecule has 0 aromatic heterocycles. The van der Waals surface area contributed by atoms with Crippen LogP contribution >= 0.6 is 35.0 Å². The van der Waals surface area contributed by atoms with Crippen LogP contribution in [0.3, 0.4) is 0 Å². The van der Waals surface area contributed by atoms with Crippen LogP contribution in [-0.4, -0.2) is 37.3 Å². The van der Waals surface area contributed by atoms with Gasteiger partial charge in [0.2, 0.25) is 11.8 Å². The molecule has 0 unspecified atom stereocenters. The minimum atomic E-state index is -1.36. The molecule has 37 heavy (non-hydrogen) atoms. The first-order valence-electron chi connectivity index (χ1n) is 11.4. The fourth-order valence-electron chi connectivity index (χ4n) is 4.00. The molecular weight excluding hydrogens is 537 g/mol. The van der Waals surface area contributed by atoms with E-state index in [-0.39, 0.29) is 38.1 Å². The molecule has 0 bridgehead atoms. The summed E-state index contributed by atoms with van der Waals surface area (Å²) < 4.78 is 10.3. The number of benzene rings is 2. The van der Waals surface area contributed by atoms with Gasteiger partial charge in [-0.3, -0.25) is 14.4 Å². The molecule has 2 aromatic rings. The van der Waals surface area contributed by atoms with E-state index < -0.39 is 23.7 Å². The molecule has 11 heteroatoms. The molecule has 0 spiro atoms. The van der Waals surface area contributed by atoms with Crippen LogP contribution in [0.25, 0.3) is 0 Å². The van der Waals surface area contributed by atoms with E-state index in [1.165, 1.54) is 12.1 Å². The Morgan fingerprint density at radius 1 is 1.19 bits per heavy atom. The van der Waals surface area contributed by atoms with Crippen molar-refractivity contribution < 1.29 is 23.9 Å². The third-order valence-electron chi connectivity index (χ3n) is 5.67. The molecule has 0 radical (unpaired) electrons. The highest BCUT2D eigenvalue weighted by Gasteiger charge is 2.44. The Kier molecular flexibility index (Phi) is 9.86. The minimum Gasteiger partial charge on any atom is -0.491 e. The van der Waals surface area contributed by atoms with Gasteiger partial charge in [0.1, 0.15) is 5.92 Å². The molecule has 1 heterocycles. The monoisotopic (exact) mass is 561 g/mol. The molecule has 2 amide bonds. The molecule has 1 aliphatic rings. The van der Waals surface area contributed by atoms with Crippen LogP contribution < -0.4 is 15.4 Å². The van der Waals surface area contributed by atoms with Crippen molar-refractivity contribution in [2.75, 3.05) is 24.8 Å². The standard InChI is InChI=1S/C26H25Cl2N3O5S/c1-4-14-8-6-7-9-19(14)30-20(32)13-37-25-16(12-29)21(22(24(33)31-25)26(34)35-3)15-10-17(27)23(36-5-2)18(28)11-15/h6-11,21-22H,4-5,13H2,1-3H3,(H,30,32)(H,31,33)/t21-,22+/m1/s1. The van der Waals surface area contributed by atoms with Crippen LogP contribution in [0.4, 0.5) is 5.69 Å². The van der Waals surface area contributed by atoms with Gasteiger partial charge in [-0.05, 0) is 42.7 Å². The van der Waals surface area contributed by atoms with Crippen molar-refractivity contribution in [1.29, 1.82) is 5.26 Å². The number of carbonyl (C=O) groups excluding carboxylic acids is 3. The number of aryl methyl sites for hydroxylation is 1. The molecule has 0 fully saturated rings. The zero-order chi connectivity index (χ0) is 27.1. The average molecular weight is 562 g/mol. The van der Waals surface area contributed by atoms with Crippen molar-refractivity contribution in [1.82, 2.24) is 5.32 Å². The number of carbonyl (C=O) groups is 3. The van der Waals surface area contributed by atoms with Crippen LogP contribution in [0, 0.1) is 17.2 Å². The highest BCUT2D eigenvalue weighted by molar-refractivity contribution is 8.03. The Bertz CT molecular complexity index is 1270. The number of anilines is 1. The Morgan fingerprint density at radius 3 is 2.46 bits per heavy atom. The van der Waals surface area contributed by atoms with Gasteiger partial charge in [0, 0.05) is 11.6 Å². The maximum atomic E-state index is 13.0. The normalized spacial score (nSPS) is 17.0. The second-order valence-electron chi connectivity index (χ2n) is 7.92. The van der Waals surface area contributed by atoms with Crippen molar-refractivity contribution in [3.63, 3.8) is 0 Å². The van der Waals surface area contributed by atoms with Gasteiger partial charge in [-0.2, -0.15) is 5.26 Å². The maximum Gasteiger partial charge on any atom is 0.319 e. The van der Waals surface area contributed by atoms with Gasteiger partial charge in [0.15, 0.2) is 5.75 Å². The third kappa shape index (κ3) is 6.39. The number of nitrogens with one attached hydrogen (secondary N) is 2. The number of thioether (sulfide) groups is 1. The SMILES string of the molecule is CCOc1c(Cl)cc([C@@H]2C(C#N)=C(SCC(=O)Nc3ccccc3CC)NC(=O)[C@H]2C(=O)OC)cc1Cl. The molecule has 0 aliphatic carbocycles. The minimum absolute atomic E-state index is 0.0815. The van der Waals surface area contributed by atoms with Crippen LogP contribution in [0.5, 0.6) is 5.75 Å². The molecule has 1 aliphatic heterocycles. The molecule has 2 N–H and O–H groups in total. The summed E-state index contributed by atoms with van der Waals surface area (Å²) in [7, 11) is 1.16. The van der Waals surface area contributed by atoms with E-state index in [0.717, 1.165) is 30.9 Å². The molecule has 194 valence electrons. The molecule has 2 atom stereocenters. The van der Waals surface area contributed by atoms with Gasteiger partial charge in [-0.1, -0.05) is 60.1 Å². The molecule has 3 rings (SSSR count). The second kappa shape index (κ2) is 12.9. The fourth-order valence-corrected chi connectivity index (χ4v) is 5.46. The topological polar surface area (TPSA) is 118 Å². The summed E-state index contributed by atoms with van der Waals surface area (Å²) in [5.74, 6) is -4.04. The zero-order valence-electron chi connectivity index (χ0n) is 20.4. The van der Waals surface area contributed by atoms with Gasteiger partial charge in [-0.25, -0.2) is 0 Å². The molecule has 0 saturated carbocycles. The van der Waals surface area contributed by atoms with Crippen LogP contribution in [0.15, 0.2) is 47.0 Å². The lowest BCUT2D eigenvalue weighted by molar-refractivity contribution is -0.150. The first-order valence-corrected chi connectivity index (χ1v) is 13.1. The van der Waals surface area contributed by atoms with Crippen molar-refractivity contribution in [2.45, 2.75) is 26.2 Å². The zero-order valence-corrected chi connectivity index (χ0v) is 22.7. The molecule has 2 aromatic carbocycles. The Balaban J connectivity index is 1.97. The predicted octanol–water partition coefficient (Wildman–Crippen LogP) is 5.06. The number of hydrogen-bond acceptors (Lipinski definition) is 7. The highest BCUT2D eigenvalue weighted by atomic mass is 35.5. The summed E-state index contributed by atoms with van der Waals surface area (Å²) in [6.07, 6.45) is 0.743. The second-order valence-corrected chi connectivity index (χ2v) is 9.72. The number of amides is 2. The lowest BCUT2D eigenvalue weighted by atomic mass is 9.78. The number of methoxy groups -OCH3 is 1. The Hall–Kier alpha value is -3.19. The first kappa shape index (κ1) is 28.4. The van der Waals surface area contributed by atoms with E-state index in [1.54, 1.807) is 13.0 Å². The molecule has 8 nitrogen and oxygen atoms in total. The lowest BCUT2D eigenvalue weighted by Crippen LogP contribution is -2.44. The number of rotatable bonds is 9. The van der Waals surface area contributed by atoms with Crippen molar-refractivity contribution >= 4 is 58.4 Å². The molecule has 0 saturated heterocycles. The number of para-hydroxylation sites is 1. The highest BCUT2D eigenvalue weighted by Crippen LogP contribution is 2.44. The van der Waals surface area contributed by atoms with Crippen molar-refractivity contribution in [3.05, 3.63) is 68.2 Å². The maximum absolute atomic E-state index is 13.0. The van der Waals surface area contributed by atoms with Crippen LogP contribution in [0.2, 0.25) is 10.0 Å². The largest absolute Gasteiger partial charge is 0.491 e. The van der Waals surface area contributed by atoms with Gasteiger partial charge < -0.3 is 20.1 Å². The number of ether oxygens (including phenoxy) is 2. The van der Waals surface area contributed by atoms with E-state index in [0.29, 0.717) is 17.9 Å². The summed E-state index contributed by atoms with van der Waals surface area (Å²) in [6, 6.07) is 12.5. The lowest BCUT2D eigenvalue weighted by Gasteiger charge is -2.31.